The number of nitrogens with zero attached hydrogens (tertiary/aromatic N) is 1. The molecule has 2 rings (SSSR count). The molecule has 0 bridgehead atoms. The second kappa shape index (κ2) is 12.7. The number of likely N-dealkylation sites (tertiary alicyclic amines) is 1. The summed E-state index contributed by atoms with van der Waals surface area (Å²) in [6.07, 6.45) is 7.62. The first-order valence-electron chi connectivity index (χ1n) is 11.0. The van der Waals surface area contributed by atoms with Gasteiger partial charge in [-0.25, -0.2) is 0 Å². The molecule has 1 saturated heterocycles. The van der Waals surface area contributed by atoms with Crippen molar-refractivity contribution in [3.8, 4) is 11.5 Å². The highest BCUT2D eigenvalue weighted by molar-refractivity contribution is 5.76. The van der Waals surface area contributed by atoms with Gasteiger partial charge in [-0.1, -0.05) is 38.7 Å². The van der Waals surface area contributed by atoms with Gasteiger partial charge in [0.2, 0.25) is 5.91 Å². The molecule has 1 aliphatic heterocycles. The van der Waals surface area contributed by atoms with E-state index in [0.717, 1.165) is 31.5 Å². The first kappa shape index (κ1) is 23.5. The third-order valence-corrected chi connectivity index (χ3v) is 5.64. The number of nitrogens with one attached hydrogen (secondary N) is 1. The summed E-state index contributed by atoms with van der Waals surface area (Å²) in [5, 5.41) is 14.2. The molecular weight excluding hydrogens is 368 g/mol. The summed E-state index contributed by atoms with van der Waals surface area (Å²) < 4.78 is 10.7. The largest absolute Gasteiger partial charge is 0.493 e. The molecule has 164 valence electrons. The third-order valence-electron chi connectivity index (χ3n) is 5.64. The molecule has 1 aromatic rings. The van der Waals surface area contributed by atoms with E-state index >= 15 is 0 Å². The van der Waals surface area contributed by atoms with E-state index in [1.54, 1.807) is 26.4 Å². The lowest BCUT2D eigenvalue weighted by Gasteiger charge is -2.29. The number of unbranched alkanes of at least 4 members (excludes halogenated alkanes) is 4. The second-order valence-corrected chi connectivity index (χ2v) is 7.91. The Hall–Kier alpha value is -1.79. The minimum absolute atomic E-state index is 0.0187. The van der Waals surface area contributed by atoms with Crippen molar-refractivity contribution in [2.45, 2.75) is 70.4 Å². The maximum absolute atomic E-state index is 12.5. The lowest BCUT2D eigenvalue weighted by molar-refractivity contribution is -0.123. The monoisotopic (exact) mass is 406 g/mol. The molecule has 6 nitrogen and oxygen atoms in total. The van der Waals surface area contributed by atoms with Crippen LogP contribution in [0.5, 0.6) is 11.5 Å². The Bertz CT molecular complexity index is 617. The molecule has 6 heteroatoms. The molecule has 1 amide bonds. The minimum Gasteiger partial charge on any atom is -0.493 e. The fourth-order valence-corrected chi connectivity index (χ4v) is 3.90. The number of carbonyl (C=O) groups is 1. The summed E-state index contributed by atoms with van der Waals surface area (Å²) in [7, 11) is 3.17. The van der Waals surface area contributed by atoms with E-state index in [4.69, 9.17) is 9.47 Å². The van der Waals surface area contributed by atoms with Crippen LogP contribution in [-0.2, 0) is 4.79 Å². The van der Waals surface area contributed by atoms with E-state index in [2.05, 4.69) is 17.1 Å². The van der Waals surface area contributed by atoms with Crippen molar-refractivity contribution in [1.29, 1.82) is 0 Å². The molecular formula is C23H38N2O4. The van der Waals surface area contributed by atoms with Crippen LogP contribution in [0.1, 0.15) is 70.0 Å². The van der Waals surface area contributed by atoms with Crippen LogP contribution in [0.2, 0.25) is 0 Å². The molecule has 0 unspecified atom stereocenters. The summed E-state index contributed by atoms with van der Waals surface area (Å²) in [4.78, 5) is 14.8. The van der Waals surface area contributed by atoms with Gasteiger partial charge in [-0.3, -0.25) is 4.79 Å². The Morgan fingerprint density at radius 2 is 1.79 bits per heavy atom. The molecule has 2 atom stereocenters. The fourth-order valence-electron chi connectivity index (χ4n) is 3.90. The smallest absolute Gasteiger partial charge is 0.220 e. The number of carbonyl (C=O) groups excluding carboxylic acids is 1. The first-order valence-corrected chi connectivity index (χ1v) is 11.0. The van der Waals surface area contributed by atoms with E-state index in [1.807, 2.05) is 6.07 Å². The lowest BCUT2D eigenvalue weighted by Crippen LogP contribution is -2.46. The summed E-state index contributed by atoms with van der Waals surface area (Å²) in [6.45, 7) is 4.87. The van der Waals surface area contributed by atoms with Gasteiger partial charge >= 0.3 is 0 Å². The van der Waals surface area contributed by atoms with E-state index in [0.29, 0.717) is 24.5 Å². The highest BCUT2D eigenvalue weighted by Crippen LogP contribution is 2.31. The second-order valence-electron chi connectivity index (χ2n) is 7.91. The van der Waals surface area contributed by atoms with E-state index < -0.39 is 6.10 Å². The number of methoxy groups -OCH3 is 2. The number of hydrogen-bond donors (Lipinski definition) is 2. The molecule has 0 aliphatic carbocycles. The standard InChI is InChI=1S/C23H38N2O4/c1-4-5-6-7-8-11-22(26)24-19(17-25-14-9-10-15-25)23(27)18-12-13-20(28-2)21(16-18)29-3/h12-13,16,19,23,27H,4-11,14-15,17H2,1-3H3,(H,24,26)/t19-,23-/m1/s1. The quantitative estimate of drug-likeness (QED) is 0.489. The van der Waals surface area contributed by atoms with Gasteiger partial charge in [-0.2, -0.15) is 0 Å². The van der Waals surface area contributed by atoms with Gasteiger partial charge in [-0.05, 0) is 50.0 Å². The van der Waals surface area contributed by atoms with Gasteiger partial charge < -0.3 is 24.8 Å². The Balaban J connectivity index is 2.03. The van der Waals surface area contributed by atoms with Crippen LogP contribution in [0, 0.1) is 0 Å². The van der Waals surface area contributed by atoms with Crippen molar-refractivity contribution >= 4 is 5.91 Å². The van der Waals surface area contributed by atoms with Crippen molar-refractivity contribution < 1.29 is 19.4 Å². The number of rotatable bonds is 13. The van der Waals surface area contributed by atoms with Crippen LogP contribution in [-0.4, -0.2) is 55.8 Å². The average Bonchev–Trinajstić information content (AvgIpc) is 3.25. The lowest BCUT2D eigenvalue weighted by atomic mass is 10.0. The van der Waals surface area contributed by atoms with Crippen LogP contribution >= 0.6 is 0 Å². The number of benzene rings is 1. The molecule has 0 aromatic heterocycles. The van der Waals surface area contributed by atoms with Gasteiger partial charge in [0, 0.05) is 13.0 Å². The van der Waals surface area contributed by atoms with E-state index in [1.165, 1.54) is 32.1 Å². The SMILES string of the molecule is CCCCCCCC(=O)N[C@H](CN1CCCC1)[C@H](O)c1ccc(OC)c(OC)c1. The third kappa shape index (κ3) is 7.52. The normalized spacial score (nSPS) is 16.4. The number of aliphatic hydroxyl groups excluding tert-OH is 1. The first-order chi connectivity index (χ1) is 14.1. The van der Waals surface area contributed by atoms with Crippen molar-refractivity contribution in [2.24, 2.45) is 0 Å². The molecule has 29 heavy (non-hydrogen) atoms. The van der Waals surface area contributed by atoms with Crippen LogP contribution in [0.3, 0.4) is 0 Å². The molecule has 0 spiro atoms. The zero-order valence-corrected chi connectivity index (χ0v) is 18.3. The molecule has 0 saturated carbocycles. The summed E-state index contributed by atoms with van der Waals surface area (Å²) in [5.41, 5.74) is 0.718. The van der Waals surface area contributed by atoms with Gasteiger partial charge in [0.05, 0.1) is 20.3 Å². The van der Waals surface area contributed by atoms with E-state index in [9.17, 15) is 9.90 Å². The van der Waals surface area contributed by atoms with Crippen LogP contribution in [0.15, 0.2) is 18.2 Å². The zero-order valence-electron chi connectivity index (χ0n) is 18.3. The zero-order chi connectivity index (χ0) is 21.1. The van der Waals surface area contributed by atoms with Crippen molar-refractivity contribution in [2.75, 3.05) is 33.9 Å². The number of hydrogen-bond acceptors (Lipinski definition) is 5. The number of aliphatic hydroxyl groups is 1. The van der Waals surface area contributed by atoms with Gasteiger partial charge in [-0.15, -0.1) is 0 Å². The van der Waals surface area contributed by atoms with Crippen molar-refractivity contribution in [1.82, 2.24) is 10.2 Å². The molecule has 1 fully saturated rings. The highest BCUT2D eigenvalue weighted by Gasteiger charge is 2.27. The number of ether oxygens (including phenoxy) is 2. The van der Waals surface area contributed by atoms with Crippen LogP contribution in [0.4, 0.5) is 0 Å². The maximum atomic E-state index is 12.5. The van der Waals surface area contributed by atoms with Crippen molar-refractivity contribution in [3.05, 3.63) is 23.8 Å². The van der Waals surface area contributed by atoms with E-state index in [-0.39, 0.29) is 11.9 Å². The molecule has 0 radical (unpaired) electrons. The topological polar surface area (TPSA) is 71.0 Å². The number of amides is 1. The van der Waals surface area contributed by atoms with Crippen LogP contribution in [0.25, 0.3) is 0 Å². The Kier molecular flexibility index (Phi) is 10.3. The molecule has 1 aromatic carbocycles. The predicted molar refractivity (Wildman–Crippen MR) is 115 cm³/mol. The predicted octanol–water partition coefficient (Wildman–Crippen LogP) is 3.68. The fraction of sp³-hybridized carbons (Fsp3) is 0.696. The highest BCUT2D eigenvalue weighted by atomic mass is 16.5. The van der Waals surface area contributed by atoms with Gasteiger partial charge in [0.15, 0.2) is 11.5 Å². The summed E-state index contributed by atoms with van der Waals surface area (Å²) in [6, 6.07) is 5.06. The summed E-state index contributed by atoms with van der Waals surface area (Å²) >= 11 is 0. The maximum Gasteiger partial charge on any atom is 0.220 e. The molecule has 1 aliphatic rings. The Labute approximate surface area is 175 Å². The van der Waals surface area contributed by atoms with Gasteiger partial charge in [0.25, 0.3) is 0 Å². The van der Waals surface area contributed by atoms with Crippen LogP contribution < -0.4 is 14.8 Å². The minimum atomic E-state index is -0.806. The molecule has 1 heterocycles. The van der Waals surface area contributed by atoms with Gasteiger partial charge in [0.1, 0.15) is 6.10 Å². The Morgan fingerprint density at radius 3 is 2.45 bits per heavy atom. The molecule has 2 N–H and O–H groups in total. The van der Waals surface area contributed by atoms with Crippen molar-refractivity contribution in [3.63, 3.8) is 0 Å². The average molecular weight is 407 g/mol. The Morgan fingerprint density at radius 1 is 1.10 bits per heavy atom. The summed E-state index contributed by atoms with van der Waals surface area (Å²) in [5.74, 6) is 1.21.